The summed E-state index contributed by atoms with van der Waals surface area (Å²) in [6.07, 6.45) is 1.20. The van der Waals surface area contributed by atoms with Crippen LogP contribution < -0.4 is 20.2 Å². The van der Waals surface area contributed by atoms with Gasteiger partial charge in [0.2, 0.25) is 0 Å². The quantitative estimate of drug-likeness (QED) is 0.121. The Morgan fingerprint density at radius 3 is 1.90 bits per heavy atom. The number of nitrogens with one attached hydrogen (secondary N) is 2. The molecule has 4 aromatic carbocycles. The molecular weight excluding hydrogens is 498 g/mol. The van der Waals surface area contributed by atoms with E-state index >= 15 is 0 Å². The van der Waals surface area contributed by atoms with Crippen molar-refractivity contribution in [2.75, 3.05) is 5.32 Å². The summed E-state index contributed by atoms with van der Waals surface area (Å²) in [4.78, 5) is 49.5. The van der Waals surface area contributed by atoms with Crippen LogP contribution in [0.5, 0.6) is 11.5 Å². The maximum atomic E-state index is 12.7. The maximum Gasteiger partial charge on any atom is 0.343 e. The summed E-state index contributed by atoms with van der Waals surface area (Å²) in [6.45, 7) is 1.90. The highest BCUT2D eigenvalue weighted by atomic mass is 16.5. The Kier molecular flexibility index (Phi) is 8.56. The summed E-state index contributed by atoms with van der Waals surface area (Å²) >= 11 is 0. The number of carbonyl (C=O) groups is 4. The number of aryl methyl sites for hydroxylation is 1. The molecule has 194 valence electrons. The second-order valence-corrected chi connectivity index (χ2v) is 8.23. The number of hydrogen-bond donors (Lipinski definition) is 2. The van der Waals surface area contributed by atoms with Crippen LogP contribution in [0, 0.1) is 6.92 Å². The molecule has 0 fully saturated rings. The van der Waals surface area contributed by atoms with E-state index in [1.165, 1.54) is 24.4 Å². The number of rotatable bonds is 7. The molecule has 4 rings (SSSR count). The second kappa shape index (κ2) is 12.6. The zero-order chi connectivity index (χ0) is 27.6. The van der Waals surface area contributed by atoms with Gasteiger partial charge in [-0.15, -0.1) is 0 Å². The Morgan fingerprint density at radius 2 is 1.28 bits per heavy atom. The number of ether oxygens (including phenoxy) is 2. The van der Waals surface area contributed by atoms with E-state index < -0.39 is 23.8 Å². The third-order valence-corrected chi connectivity index (χ3v) is 5.30. The van der Waals surface area contributed by atoms with Crippen molar-refractivity contribution in [3.8, 4) is 11.5 Å². The maximum absolute atomic E-state index is 12.7. The highest BCUT2D eigenvalue weighted by Gasteiger charge is 2.16. The molecule has 0 heterocycles. The fourth-order valence-electron chi connectivity index (χ4n) is 3.28. The topological polar surface area (TPSA) is 123 Å². The van der Waals surface area contributed by atoms with Crippen LogP contribution in [0.15, 0.2) is 108 Å². The molecule has 0 aromatic heterocycles. The van der Waals surface area contributed by atoms with Crippen molar-refractivity contribution in [1.29, 1.82) is 0 Å². The Labute approximate surface area is 224 Å². The van der Waals surface area contributed by atoms with Crippen molar-refractivity contribution in [3.05, 3.63) is 125 Å². The standard InChI is InChI=1S/C30H23N3O6/c1-20-12-15-24(16-13-20)32-27(34)28(35)33-31-19-23-14-17-25(38-29(36)21-8-4-2-5-9-21)18-26(23)39-30(37)22-10-6-3-7-11-22/h2-19H,1H3,(H,32,34)(H,33,35). The molecule has 0 bridgehead atoms. The average molecular weight is 522 g/mol. The second-order valence-electron chi connectivity index (χ2n) is 8.23. The van der Waals surface area contributed by atoms with Crippen molar-refractivity contribution in [2.24, 2.45) is 5.10 Å². The Morgan fingerprint density at radius 1 is 0.692 bits per heavy atom. The number of esters is 2. The SMILES string of the molecule is Cc1ccc(NC(=O)C(=O)NN=Cc2ccc(OC(=O)c3ccccc3)cc2OC(=O)c2ccccc2)cc1. The van der Waals surface area contributed by atoms with Crippen LogP contribution >= 0.6 is 0 Å². The fraction of sp³-hybridized carbons (Fsp3) is 0.0333. The van der Waals surface area contributed by atoms with Gasteiger partial charge in [-0.05, 0) is 55.5 Å². The summed E-state index contributed by atoms with van der Waals surface area (Å²) in [6, 6.07) is 28.0. The lowest BCUT2D eigenvalue weighted by Gasteiger charge is -2.10. The molecule has 39 heavy (non-hydrogen) atoms. The molecule has 0 aliphatic rings. The van der Waals surface area contributed by atoms with Crippen LogP contribution in [0.4, 0.5) is 5.69 Å². The highest BCUT2D eigenvalue weighted by molar-refractivity contribution is 6.39. The molecule has 2 N–H and O–H groups in total. The zero-order valence-electron chi connectivity index (χ0n) is 20.8. The number of hydrazone groups is 1. The van der Waals surface area contributed by atoms with E-state index in [0.717, 1.165) is 5.56 Å². The van der Waals surface area contributed by atoms with Crippen LogP contribution in [0.3, 0.4) is 0 Å². The molecule has 9 heteroatoms. The van der Waals surface area contributed by atoms with Gasteiger partial charge in [0.05, 0.1) is 17.3 Å². The molecule has 0 saturated heterocycles. The summed E-state index contributed by atoms with van der Waals surface area (Å²) in [5.41, 5.74) is 4.52. The molecule has 0 saturated carbocycles. The number of carbonyl (C=O) groups excluding carboxylic acids is 4. The van der Waals surface area contributed by atoms with Crippen LogP contribution in [-0.2, 0) is 9.59 Å². The summed E-state index contributed by atoms with van der Waals surface area (Å²) in [5, 5.41) is 6.28. The van der Waals surface area contributed by atoms with E-state index in [-0.39, 0.29) is 17.1 Å². The number of anilines is 1. The van der Waals surface area contributed by atoms with Crippen LogP contribution in [0.2, 0.25) is 0 Å². The third kappa shape index (κ3) is 7.46. The van der Waals surface area contributed by atoms with E-state index in [1.807, 2.05) is 6.92 Å². The van der Waals surface area contributed by atoms with Crippen LogP contribution in [0.1, 0.15) is 31.8 Å². The average Bonchev–Trinajstić information content (AvgIpc) is 2.96. The Bertz CT molecular complexity index is 1520. The lowest BCUT2D eigenvalue weighted by Crippen LogP contribution is -2.32. The van der Waals surface area contributed by atoms with Gasteiger partial charge in [-0.1, -0.05) is 54.1 Å². The molecule has 0 spiro atoms. The van der Waals surface area contributed by atoms with E-state index in [9.17, 15) is 19.2 Å². The van der Waals surface area contributed by atoms with Crippen molar-refractivity contribution in [1.82, 2.24) is 5.43 Å². The first-order valence-corrected chi connectivity index (χ1v) is 11.8. The molecule has 2 amide bonds. The largest absolute Gasteiger partial charge is 0.423 e. The summed E-state index contributed by atoms with van der Waals surface area (Å²) in [7, 11) is 0. The molecule has 0 atom stereocenters. The summed E-state index contributed by atoms with van der Waals surface area (Å²) < 4.78 is 11.0. The first kappa shape index (κ1) is 26.5. The highest BCUT2D eigenvalue weighted by Crippen LogP contribution is 2.26. The molecule has 0 unspecified atom stereocenters. The lowest BCUT2D eigenvalue weighted by molar-refractivity contribution is -0.136. The number of benzene rings is 4. The van der Waals surface area contributed by atoms with Crippen molar-refractivity contribution < 1.29 is 28.7 Å². The molecule has 9 nitrogen and oxygen atoms in total. The zero-order valence-corrected chi connectivity index (χ0v) is 20.8. The summed E-state index contributed by atoms with van der Waals surface area (Å²) in [5.74, 6) is -3.01. The smallest absolute Gasteiger partial charge is 0.343 e. The Hall–Kier alpha value is -5.57. The minimum atomic E-state index is -0.997. The van der Waals surface area contributed by atoms with Gasteiger partial charge in [0.25, 0.3) is 0 Å². The first-order valence-electron chi connectivity index (χ1n) is 11.8. The van der Waals surface area contributed by atoms with E-state index in [2.05, 4.69) is 15.8 Å². The van der Waals surface area contributed by atoms with Crippen LogP contribution in [0.25, 0.3) is 0 Å². The van der Waals surface area contributed by atoms with Gasteiger partial charge in [0, 0.05) is 17.3 Å². The first-order chi connectivity index (χ1) is 18.9. The predicted molar refractivity (Wildman–Crippen MR) is 145 cm³/mol. The lowest BCUT2D eigenvalue weighted by atomic mass is 10.2. The number of nitrogens with zero attached hydrogens (tertiary/aromatic N) is 1. The number of hydrogen-bond acceptors (Lipinski definition) is 7. The monoisotopic (exact) mass is 521 g/mol. The van der Waals surface area contributed by atoms with Gasteiger partial charge in [-0.25, -0.2) is 15.0 Å². The fourth-order valence-corrected chi connectivity index (χ4v) is 3.28. The van der Waals surface area contributed by atoms with Crippen molar-refractivity contribution in [2.45, 2.75) is 6.92 Å². The van der Waals surface area contributed by atoms with Gasteiger partial charge in [0.15, 0.2) is 0 Å². The molecule has 4 aromatic rings. The van der Waals surface area contributed by atoms with E-state index in [1.54, 1.807) is 84.9 Å². The predicted octanol–water partition coefficient (Wildman–Crippen LogP) is 4.52. The van der Waals surface area contributed by atoms with Gasteiger partial charge in [-0.3, -0.25) is 9.59 Å². The van der Waals surface area contributed by atoms with E-state index in [0.29, 0.717) is 16.8 Å². The van der Waals surface area contributed by atoms with Crippen molar-refractivity contribution >= 4 is 35.7 Å². The van der Waals surface area contributed by atoms with Gasteiger partial charge in [-0.2, -0.15) is 5.10 Å². The van der Waals surface area contributed by atoms with Gasteiger partial charge < -0.3 is 14.8 Å². The van der Waals surface area contributed by atoms with Gasteiger partial charge in [0.1, 0.15) is 11.5 Å². The number of amides is 2. The normalized spacial score (nSPS) is 10.5. The van der Waals surface area contributed by atoms with Gasteiger partial charge >= 0.3 is 23.8 Å². The van der Waals surface area contributed by atoms with Crippen molar-refractivity contribution in [3.63, 3.8) is 0 Å². The minimum Gasteiger partial charge on any atom is -0.423 e. The Balaban J connectivity index is 1.49. The third-order valence-electron chi connectivity index (χ3n) is 5.30. The molecular formula is C30H23N3O6. The van der Waals surface area contributed by atoms with Crippen LogP contribution in [-0.4, -0.2) is 30.0 Å². The minimum absolute atomic E-state index is 0.0179. The molecule has 0 aliphatic heterocycles. The van der Waals surface area contributed by atoms with E-state index in [4.69, 9.17) is 9.47 Å². The molecule has 0 aliphatic carbocycles. The molecule has 0 radical (unpaired) electrons.